The number of phenolic OH excluding ortho intramolecular Hbond substituents is 1. The number of nitrogens with zero attached hydrogens (tertiary/aromatic N) is 8. The van der Waals surface area contributed by atoms with Crippen molar-refractivity contribution < 1.29 is 15.0 Å². The molecule has 186 valence electrons. The molecule has 1 atom stereocenters. The summed E-state index contributed by atoms with van der Waals surface area (Å²) in [5.74, 6) is 3.06. The molecule has 0 aliphatic carbocycles. The zero-order chi connectivity index (χ0) is 24.9. The van der Waals surface area contributed by atoms with Gasteiger partial charge >= 0.3 is 0 Å². The quantitative estimate of drug-likeness (QED) is 0.464. The first kappa shape index (κ1) is 24.3. The average Bonchev–Trinajstić information content (AvgIpc) is 3.24. The number of nitrogens with one attached hydrogen (secondary N) is 1. The molecule has 2 aromatic heterocycles. The van der Waals surface area contributed by atoms with E-state index in [4.69, 9.17) is 9.90 Å². The van der Waals surface area contributed by atoms with Gasteiger partial charge in [-0.2, -0.15) is 5.10 Å². The third-order valence-electron chi connectivity index (χ3n) is 6.23. The van der Waals surface area contributed by atoms with Crippen LogP contribution in [0.5, 0.6) is 5.75 Å². The van der Waals surface area contributed by atoms with E-state index in [2.05, 4.69) is 54.2 Å². The van der Waals surface area contributed by atoms with Crippen LogP contribution in [0.4, 0.5) is 11.6 Å². The highest BCUT2D eigenvalue weighted by Gasteiger charge is 2.24. The van der Waals surface area contributed by atoms with E-state index in [9.17, 15) is 5.11 Å². The van der Waals surface area contributed by atoms with Crippen LogP contribution in [-0.2, 0) is 17.9 Å². The highest BCUT2D eigenvalue weighted by atomic mass is 16.3. The van der Waals surface area contributed by atoms with Gasteiger partial charge in [0.2, 0.25) is 5.95 Å². The van der Waals surface area contributed by atoms with E-state index in [-0.39, 0.29) is 12.2 Å². The number of rotatable bonds is 4. The van der Waals surface area contributed by atoms with E-state index in [0.29, 0.717) is 35.7 Å². The van der Waals surface area contributed by atoms with Crippen LogP contribution in [-0.4, -0.2) is 78.9 Å². The molecule has 1 aromatic carbocycles. The second kappa shape index (κ2) is 10.6. The molecule has 1 saturated heterocycles. The maximum absolute atomic E-state index is 10.7. The molecule has 3 N–H and O–H groups in total. The van der Waals surface area contributed by atoms with Crippen molar-refractivity contribution in [2.45, 2.75) is 39.9 Å². The standard InChI is InChI=1S/C22H29N9O.CH2O2/c1-14(2)19-12-30(7-6-23-19)22-24-11-18(26-27-22)17-5-4-16(10-20(17)32)29-8-9-31-21(13-29)25-15(3)28-31;2-1-3/h4-5,10-11,14,19,23,32H,6-9,12-13H2,1-3H3;1H,(H,2,3)/t19-;/m1./s1. The summed E-state index contributed by atoms with van der Waals surface area (Å²) in [6.45, 7) is 11.0. The molecule has 5 rings (SSSR count). The number of fused-ring (bicyclic) bond motifs is 1. The molecular weight excluding hydrogens is 450 g/mol. The summed E-state index contributed by atoms with van der Waals surface area (Å²) in [4.78, 5) is 21.7. The van der Waals surface area contributed by atoms with Gasteiger partial charge in [0.25, 0.3) is 6.47 Å². The number of benzene rings is 1. The maximum Gasteiger partial charge on any atom is 0.290 e. The van der Waals surface area contributed by atoms with E-state index in [1.165, 1.54) is 0 Å². The van der Waals surface area contributed by atoms with Crippen molar-refractivity contribution in [3.05, 3.63) is 36.0 Å². The van der Waals surface area contributed by atoms with Crippen molar-refractivity contribution in [3.63, 3.8) is 0 Å². The van der Waals surface area contributed by atoms with E-state index in [1.54, 1.807) is 12.3 Å². The van der Waals surface area contributed by atoms with Gasteiger partial charge in [0.15, 0.2) is 0 Å². The first-order chi connectivity index (χ1) is 16.9. The zero-order valence-electron chi connectivity index (χ0n) is 20.2. The summed E-state index contributed by atoms with van der Waals surface area (Å²) in [5.41, 5.74) is 2.12. The molecular formula is C23H31N9O3. The number of aromatic nitrogens is 6. The number of anilines is 2. The summed E-state index contributed by atoms with van der Waals surface area (Å²) in [6, 6.07) is 6.05. The van der Waals surface area contributed by atoms with Gasteiger partial charge in [0.05, 0.1) is 19.3 Å². The molecule has 2 aliphatic heterocycles. The van der Waals surface area contributed by atoms with Crippen molar-refractivity contribution in [1.82, 2.24) is 35.3 Å². The Morgan fingerprint density at radius 3 is 2.66 bits per heavy atom. The SMILES string of the molecule is Cc1nc2n(n1)CCN(c1ccc(-c3cnc(N4CCN[C@@H](C(C)C)C4)nn3)c(O)c1)C2.O=CO. The number of aryl methyl sites for hydroxylation is 1. The lowest BCUT2D eigenvalue weighted by Crippen LogP contribution is -2.53. The van der Waals surface area contributed by atoms with Gasteiger partial charge in [-0.25, -0.2) is 14.6 Å². The smallest absolute Gasteiger partial charge is 0.290 e. The fourth-order valence-electron chi connectivity index (χ4n) is 4.36. The number of aromatic hydroxyl groups is 1. The van der Waals surface area contributed by atoms with E-state index < -0.39 is 0 Å². The number of piperazine rings is 1. The topological polar surface area (TPSA) is 145 Å². The molecule has 0 saturated carbocycles. The predicted molar refractivity (Wildman–Crippen MR) is 130 cm³/mol. The predicted octanol–water partition coefficient (Wildman–Crippen LogP) is 1.30. The summed E-state index contributed by atoms with van der Waals surface area (Å²) in [7, 11) is 0. The van der Waals surface area contributed by atoms with Crippen LogP contribution in [0.1, 0.15) is 25.5 Å². The van der Waals surface area contributed by atoms with Crippen LogP contribution in [0.15, 0.2) is 24.4 Å². The number of hydrogen-bond acceptors (Lipinski definition) is 10. The van der Waals surface area contributed by atoms with Gasteiger partial charge < -0.3 is 25.3 Å². The molecule has 0 amide bonds. The molecule has 1 fully saturated rings. The number of phenols is 1. The van der Waals surface area contributed by atoms with Crippen molar-refractivity contribution in [2.75, 3.05) is 36.0 Å². The lowest BCUT2D eigenvalue weighted by Gasteiger charge is -2.35. The highest BCUT2D eigenvalue weighted by molar-refractivity contribution is 5.70. The van der Waals surface area contributed by atoms with Crippen molar-refractivity contribution >= 4 is 18.1 Å². The minimum absolute atomic E-state index is 0.164. The molecule has 35 heavy (non-hydrogen) atoms. The third-order valence-corrected chi connectivity index (χ3v) is 6.23. The normalized spacial score (nSPS) is 17.5. The summed E-state index contributed by atoms with van der Waals surface area (Å²) >= 11 is 0. The first-order valence-corrected chi connectivity index (χ1v) is 11.6. The molecule has 12 heteroatoms. The van der Waals surface area contributed by atoms with Crippen LogP contribution in [0.3, 0.4) is 0 Å². The molecule has 12 nitrogen and oxygen atoms in total. The lowest BCUT2D eigenvalue weighted by atomic mass is 10.0. The monoisotopic (exact) mass is 481 g/mol. The van der Waals surface area contributed by atoms with Crippen LogP contribution in [0.25, 0.3) is 11.3 Å². The Morgan fingerprint density at radius 1 is 1.17 bits per heavy atom. The fraction of sp³-hybridized carbons (Fsp3) is 0.478. The van der Waals surface area contributed by atoms with Crippen LogP contribution < -0.4 is 15.1 Å². The summed E-state index contributed by atoms with van der Waals surface area (Å²) in [5, 5.41) is 34.3. The van der Waals surface area contributed by atoms with E-state index >= 15 is 0 Å². The summed E-state index contributed by atoms with van der Waals surface area (Å²) in [6.07, 6.45) is 1.69. The molecule has 0 bridgehead atoms. The molecule has 0 unspecified atom stereocenters. The van der Waals surface area contributed by atoms with Crippen molar-refractivity contribution in [1.29, 1.82) is 0 Å². The van der Waals surface area contributed by atoms with Gasteiger partial charge in [0, 0.05) is 49.5 Å². The molecule has 2 aliphatic rings. The lowest BCUT2D eigenvalue weighted by molar-refractivity contribution is -0.122. The van der Waals surface area contributed by atoms with Crippen LogP contribution in [0.2, 0.25) is 0 Å². The minimum Gasteiger partial charge on any atom is -0.507 e. The molecule has 4 heterocycles. The highest BCUT2D eigenvalue weighted by Crippen LogP contribution is 2.32. The van der Waals surface area contributed by atoms with Gasteiger partial charge in [-0.15, -0.1) is 10.2 Å². The fourth-order valence-corrected chi connectivity index (χ4v) is 4.36. The van der Waals surface area contributed by atoms with Crippen LogP contribution in [0, 0.1) is 12.8 Å². The second-order valence-corrected chi connectivity index (χ2v) is 8.92. The molecule has 0 spiro atoms. The maximum atomic E-state index is 10.7. The Hall–Kier alpha value is -3.80. The Bertz CT molecular complexity index is 1150. The van der Waals surface area contributed by atoms with Gasteiger partial charge in [-0.1, -0.05) is 13.8 Å². The van der Waals surface area contributed by atoms with Crippen LogP contribution >= 0.6 is 0 Å². The van der Waals surface area contributed by atoms with Gasteiger partial charge in [-0.05, 0) is 25.0 Å². The Kier molecular flexibility index (Phi) is 7.39. The largest absolute Gasteiger partial charge is 0.507 e. The minimum atomic E-state index is -0.250. The zero-order valence-corrected chi connectivity index (χ0v) is 20.2. The second-order valence-electron chi connectivity index (χ2n) is 8.92. The number of carbonyl (C=O) groups is 1. The Labute approximate surface area is 203 Å². The molecule has 0 radical (unpaired) electrons. The molecule has 3 aromatic rings. The third kappa shape index (κ3) is 5.48. The van der Waals surface area contributed by atoms with Gasteiger partial charge in [-0.3, -0.25) is 4.79 Å². The van der Waals surface area contributed by atoms with Crippen molar-refractivity contribution in [2.24, 2.45) is 5.92 Å². The van der Waals surface area contributed by atoms with E-state index in [1.807, 2.05) is 23.7 Å². The van der Waals surface area contributed by atoms with Gasteiger partial charge in [0.1, 0.15) is 23.1 Å². The average molecular weight is 482 g/mol. The van der Waals surface area contributed by atoms with E-state index in [0.717, 1.165) is 50.1 Å². The first-order valence-electron chi connectivity index (χ1n) is 11.6. The number of carboxylic acid groups (broad SMARTS) is 1. The Balaban J connectivity index is 0.000000917. The Morgan fingerprint density at radius 2 is 1.97 bits per heavy atom. The van der Waals surface area contributed by atoms with Crippen molar-refractivity contribution in [3.8, 4) is 17.0 Å². The number of hydrogen-bond donors (Lipinski definition) is 3. The summed E-state index contributed by atoms with van der Waals surface area (Å²) < 4.78 is 1.95.